The minimum Gasteiger partial charge on any atom is -0.478 e. The summed E-state index contributed by atoms with van der Waals surface area (Å²) in [4.78, 5) is 22.4. The fourth-order valence-corrected chi connectivity index (χ4v) is 1.36. The second-order valence-corrected chi connectivity index (χ2v) is 4.93. The molecule has 1 rings (SSSR count). The van der Waals surface area contributed by atoms with Gasteiger partial charge in [0.1, 0.15) is 11.6 Å². The summed E-state index contributed by atoms with van der Waals surface area (Å²) >= 11 is 0. The van der Waals surface area contributed by atoms with Crippen LogP contribution in [0.4, 0.5) is 19.3 Å². The molecule has 0 heterocycles. The molecule has 7 heteroatoms. The number of halogens is 2. The normalized spacial score (nSPS) is 11.1. The van der Waals surface area contributed by atoms with E-state index in [1.165, 1.54) is 0 Å². The van der Waals surface area contributed by atoms with Gasteiger partial charge in [0.15, 0.2) is 0 Å². The van der Waals surface area contributed by atoms with E-state index >= 15 is 0 Å². The quantitative estimate of drug-likeness (QED) is 0.796. The van der Waals surface area contributed by atoms with Crippen LogP contribution in [0.25, 0.3) is 0 Å². The van der Waals surface area contributed by atoms with Crippen LogP contribution in [0.15, 0.2) is 12.1 Å². The standard InChI is InChI=1S/C13H16F2N2O3/c1-4-13(2,3)17-12(20)16-10-5-7(11(18)19)8(14)6-9(10)15/h5-6H,4H2,1-3H3,(H,18,19)(H2,16,17,20). The third kappa shape index (κ3) is 3.91. The maximum atomic E-state index is 13.5. The molecule has 0 saturated carbocycles. The van der Waals surface area contributed by atoms with E-state index in [-0.39, 0.29) is 0 Å². The molecule has 0 atom stereocenters. The lowest BCUT2D eigenvalue weighted by Crippen LogP contribution is -2.45. The van der Waals surface area contributed by atoms with Crippen molar-refractivity contribution in [3.8, 4) is 0 Å². The number of aromatic carboxylic acids is 1. The first-order chi connectivity index (χ1) is 9.16. The highest BCUT2D eigenvalue weighted by Crippen LogP contribution is 2.20. The first-order valence-corrected chi connectivity index (χ1v) is 5.98. The van der Waals surface area contributed by atoms with E-state index in [1.807, 2.05) is 6.92 Å². The van der Waals surface area contributed by atoms with Crippen LogP contribution in [0, 0.1) is 11.6 Å². The number of amides is 2. The molecule has 0 aromatic heterocycles. The molecule has 3 N–H and O–H groups in total. The van der Waals surface area contributed by atoms with Crippen molar-refractivity contribution in [1.82, 2.24) is 5.32 Å². The Morgan fingerprint density at radius 1 is 1.25 bits per heavy atom. The van der Waals surface area contributed by atoms with Gasteiger partial charge in [0.2, 0.25) is 0 Å². The number of carbonyl (C=O) groups is 2. The van der Waals surface area contributed by atoms with E-state index in [1.54, 1.807) is 13.8 Å². The molecule has 0 aliphatic heterocycles. The Hall–Kier alpha value is -2.18. The Bertz CT molecular complexity index is 545. The fourth-order valence-electron chi connectivity index (χ4n) is 1.36. The molecule has 0 aliphatic carbocycles. The van der Waals surface area contributed by atoms with Gasteiger partial charge in [-0.1, -0.05) is 6.92 Å². The molecule has 2 amide bonds. The Morgan fingerprint density at radius 3 is 2.35 bits per heavy atom. The van der Waals surface area contributed by atoms with Crippen molar-refractivity contribution in [3.63, 3.8) is 0 Å². The zero-order valence-electron chi connectivity index (χ0n) is 11.4. The van der Waals surface area contributed by atoms with Crippen molar-refractivity contribution in [3.05, 3.63) is 29.3 Å². The summed E-state index contributed by atoms with van der Waals surface area (Å²) in [6, 6.07) is 0.467. The van der Waals surface area contributed by atoms with E-state index in [0.29, 0.717) is 12.5 Å². The highest BCUT2D eigenvalue weighted by Gasteiger charge is 2.20. The maximum Gasteiger partial charge on any atom is 0.338 e. The molecule has 0 spiro atoms. The van der Waals surface area contributed by atoms with Crippen molar-refractivity contribution >= 4 is 17.7 Å². The summed E-state index contributed by atoms with van der Waals surface area (Å²) in [5, 5.41) is 13.5. The van der Waals surface area contributed by atoms with E-state index in [0.717, 1.165) is 6.07 Å². The van der Waals surface area contributed by atoms with Gasteiger partial charge in [0.05, 0.1) is 11.3 Å². The summed E-state index contributed by atoms with van der Waals surface area (Å²) in [7, 11) is 0. The highest BCUT2D eigenvalue weighted by atomic mass is 19.1. The number of hydrogen-bond donors (Lipinski definition) is 3. The Morgan fingerprint density at radius 2 is 1.85 bits per heavy atom. The minimum absolute atomic E-state index is 0.395. The smallest absolute Gasteiger partial charge is 0.338 e. The van der Waals surface area contributed by atoms with E-state index < -0.39 is 40.4 Å². The van der Waals surface area contributed by atoms with Gasteiger partial charge in [-0.05, 0) is 26.3 Å². The lowest BCUT2D eigenvalue weighted by molar-refractivity contribution is 0.0691. The van der Waals surface area contributed by atoms with Gasteiger partial charge in [0.25, 0.3) is 0 Å². The van der Waals surface area contributed by atoms with Crippen LogP contribution in [0.1, 0.15) is 37.6 Å². The topological polar surface area (TPSA) is 78.4 Å². The van der Waals surface area contributed by atoms with Gasteiger partial charge in [0, 0.05) is 11.6 Å². The number of carboxylic acid groups (broad SMARTS) is 1. The van der Waals surface area contributed by atoms with Gasteiger partial charge in [-0.25, -0.2) is 18.4 Å². The molecule has 0 aliphatic rings. The number of rotatable bonds is 4. The van der Waals surface area contributed by atoms with Gasteiger partial charge >= 0.3 is 12.0 Å². The Labute approximate surface area is 115 Å². The molecule has 1 aromatic rings. The van der Waals surface area contributed by atoms with Crippen molar-refractivity contribution in [1.29, 1.82) is 0 Å². The predicted molar refractivity (Wildman–Crippen MR) is 69.8 cm³/mol. The molecule has 20 heavy (non-hydrogen) atoms. The SMILES string of the molecule is CCC(C)(C)NC(=O)Nc1cc(C(=O)O)c(F)cc1F. The first kappa shape index (κ1) is 15.9. The van der Waals surface area contributed by atoms with Crippen LogP contribution in [0.5, 0.6) is 0 Å². The lowest BCUT2D eigenvalue weighted by Gasteiger charge is -2.24. The zero-order chi connectivity index (χ0) is 15.5. The van der Waals surface area contributed by atoms with Crippen LogP contribution in [-0.2, 0) is 0 Å². The predicted octanol–water partition coefficient (Wildman–Crippen LogP) is 2.97. The van der Waals surface area contributed by atoms with Crippen LogP contribution in [0.3, 0.4) is 0 Å². The van der Waals surface area contributed by atoms with E-state index in [4.69, 9.17) is 5.11 Å². The van der Waals surface area contributed by atoms with Crippen molar-refractivity contribution < 1.29 is 23.5 Å². The molecule has 5 nitrogen and oxygen atoms in total. The lowest BCUT2D eigenvalue weighted by atomic mass is 10.0. The minimum atomic E-state index is -1.54. The molecule has 0 bridgehead atoms. The molecule has 1 aromatic carbocycles. The van der Waals surface area contributed by atoms with Crippen molar-refractivity contribution in [2.24, 2.45) is 0 Å². The summed E-state index contributed by atoms with van der Waals surface area (Å²) in [6.45, 7) is 5.41. The monoisotopic (exact) mass is 286 g/mol. The third-order valence-corrected chi connectivity index (χ3v) is 2.87. The Balaban J connectivity index is 2.95. The first-order valence-electron chi connectivity index (χ1n) is 5.98. The third-order valence-electron chi connectivity index (χ3n) is 2.87. The van der Waals surface area contributed by atoms with Crippen LogP contribution < -0.4 is 10.6 Å². The number of benzene rings is 1. The number of carbonyl (C=O) groups excluding carboxylic acids is 1. The van der Waals surface area contributed by atoms with Crippen LogP contribution in [0.2, 0.25) is 0 Å². The summed E-state index contributed by atoms with van der Waals surface area (Å²) in [5.74, 6) is -3.79. The highest BCUT2D eigenvalue weighted by molar-refractivity contribution is 5.93. The second-order valence-electron chi connectivity index (χ2n) is 4.93. The van der Waals surface area contributed by atoms with Gasteiger partial charge < -0.3 is 15.7 Å². The molecular weight excluding hydrogens is 270 g/mol. The molecule has 110 valence electrons. The molecule has 0 unspecified atom stereocenters. The van der Waals surface area contributed by atoms with Crippen LogP contribution in [-0.4, -0.2) is 22.6 Å². The number of urea groups is 1. The van der Waals surface area contributed by atoms with E-state index in [2.05, 4.69) is 10.6 Å². The number of nitrogens with one attached hydrogen (secondary N) is 2. The number of anilines is 1. The molecule has 0 fully saturated rings. The molecule has 0 radical (unpaired) electrons. The van der Waals surface area contributed by atoms with Gasteiger partial charge in [-0.2, -0.15) is 0 Å². The van der Waals surface area contributed by atoms with E-state index in [9.17, 15) is 18.4 Å². The average molecular weight is 286 g/mol. The van der Waals surface area contributed by atoms with Gasteiger partial charge in [-0.15, -0.1) is 0 Å². The fraction of sp³-hybridized carbons (Fsp3) is 0.385. The summed E-state index contributed by atoms with van der Waals surface area (Å²) in [6.07, 6.45) is 0.646. The number of hydrogen-bond acceptors (Lipinski definition) is 2. The second kappa shape index (κ2) is 5.85. The van der Waals surface area contributed by atoms with Gasteiger partial charge in [-0.3, -0.25) is 0 Å². The zero-order valence-corrected chi connectivity index (χ0v) is 11.4. The van der Waals surface area contributed by atoms with Crippen molar-refractivity contribution in [2.45, 2.75) is 32.7 Å². The van der Waals surface area contributed by atoms with Crippen LogP contribution >= 0.6 is 0 Å². The van der Waals surface area contributed by atoms with Crippen molar-refractivity contribution in [2.75, 3.05) is 5.32 Å². The number of carboxylic acids is 1. The largest absolute Gasteiger partial charge is 0.478 e. The average Bonchev–Trinajstić information content (AvgIpc) is 2.31. The molecule has 0 saturated heterocycles. The summed E-state index contributed by atoms with van der Waals surface area (Å²) < 4.78 is 26.7. The molecular formula is C13H16F2N2O3. The summed E-state index contributed by atoms with van der Waals surface area (Å²) in [5.41, 5.74) is -1.61. The Kier molecular flexibility index (Phi) is 4.65. The maximum absolute atomic E-state index is 13.5.